The Morgan fingerprint density at radius 2 is 2.11 bits per heavy atom. The Labute approximate surface area is 160 Å². The van der Waals surface area contributed by atoms with Gasteiger partial charge in [-0.1, -0.05) is 31.4 Å². The smallest absolute Gasteiger partial charge is 0.241 e. The van der Waals surface area contributed by atoms with Crippen molar-refractivity contribution in [1.29, 1.82) is 0 Å². The van der Waals surface area contributed by atoms with Crippen LogP contribution in [0.15, 0.2) is 36.7 Å². The van der Waals surface area contributed by atoms with E-state index in [2.05, 4.69) is 15.3 Å². The van der Waals surface area contributed by atoms with Crippen LogP contribution in [0.2, 0.25) is 0 Å². The molecule has 1 amide bonds. The molecule has 1 aromatic heterocycles. The van der Waals surface area contributed by atoms with Crippen LogP contribution in [0.25, 0.3) is 0 Å². The van der Waals surface area contributed by atoms with E-state index < -0.39 is 0 Å². The van der Waals surface area contributed by atoms with Crippen LogP contribution in [0.4, 0.5) is 5.69 Å². The third-order valence-electron chi connectivity index (χ3n) is 5.79. The zero-order valence-corrected chi connectivity index (χ0v) is 15.9. The predicted octanol–water partition coefficient (Wildman–Crippen LogP) is 3.29. The van der Waals surface area contributed by atoms with Gasteiger partial charge in [0.2, 0.25) is 5.91 Å². The van der Waals surface area contributed by atoms with Crippen LogP contribution in [0.3, 0.4) is 0 Å². The molecule has 2 heterocycles. The zero-order valence-electron chi connectivity index (χ0n) is 15.9. The number of nitrogens with one attached hydrogen (secondary N) is 1. The molecule has 1 N–H and O–H groups in total. The van der Waals surface area contributed by atoms with E-state index in [4.69, 9.17) is 4.74 Å². The minimum Gasteiger partial charge on any atom is -0.497 e. The second kappa shape index (κ2) is 8.13. The highest BCUT2D eigenvalue weighted by molar-refractivity contribution is 5.95. The van der Waals surface area contributed by atoms with Gasteiger partial charge in [0.1, 0.15) is 5.75 Å². The van der Waals surface area contributed by atoms with E-state index in [1.54, 1.807) is 13.3 Å². The number of rotatable bonds is 6. The highest BCUT2D eigenvalue weighted by atomic mass is 16.5. The average molecular weight is 368 g/mol. The lowest BCUT2D eigenvalue weighted by molar-refractivity contribution is -0.127. The molecule has 1 atom stereocenters. The molecule has 27 heavy (non-hydrogen) atoms. The first-order valence-electron chi connectivity index (χ1n) is 9.95. The number of nitrogens with zero attached hydrogens (tertiary/aromatic N) is 3. The second-order valence-corrected chi connectivity index (χ2v) is 7.60. The van der Waals surface area contributed by atoms with Crippen LogP contribution in [0, 0.1) is 0 Å². The Kier molecular flexibility index (Phi) is 5.43. The standard InChI is InChI=1S/C21H28N4O2/c1-27-19-9-5-6-16(12-19)14-24-15-17(13-22-24)23-21(26)20-10-11-25(20)18-7-3-2-4-8-18/h5-6,9,12-13,15,18,20H,2-4,7-8,10-11,14H2,1H3,(H,23,26)/t20-/m1/s1. The number of ether oxygens (including phenoxy) is 1. The highest BCUT2D eigenvalue weighted by Gasteiger charge is 2.38. The molecule has 2 aliphatic rings. The summed E-state index contributed by atoms with van der Waals surface area (Å²) in [6, 6.07) is 8.55. The van der Waals surface area contributed by atoms with Crippen molar-refractivity contribution in [3.8, 4) is 5.75 Å². The van der Waals surface area contributed by atoms with Crippen molar-refractivity contribution in [2.24, 2.45) is 0 Å². The summed E-state index contributed by atoms with van der Waals surface area (Å²) in [6.07, 6.45) is 11.0. The van der Waals surface area contributed by atoms with Crippen LogP contribution in [0.1, 0.15) is 44.1 Å². The topological polar surface area (TPSA) is 59.4 Å². The van der Waals surface area contributed by atoms with Gasteiger partial charge in [-0.15, -0.1) is 0 Å². The predicted molar refractivity (Wildman–Crippen MR) is 105 cm³/mol. The van der Waals surface area contributed by atoms with Gasteiger partial charge in [0.25, 0.3) is 0 Å². The number of hydrogen-bond acceptors (Lipinski definition) is 4. The fourth-order valence-corrected chi connectivity index (χ4v) is 4.24. The Morgan fingerprint density at radius 1 is 1.26 bits per heavy atom. The summed E-state index contributed by atoms with van der Waals surface area (Å²) >= 11 is 0. The fraction of sp³-hybridized carbons (Fsp3) is 0.524. The summed E-state index contributed by atoms with van der Waals surface area (Å²) in [6.45, 7) is 1.70. The normalized spacial score (nSPS) is 20.9. The van der Waals surface area contributed by atoms with E-state index in [1.165, 1.54) is 32.1 Å². The molecular weight excluding hydrogens is 340 g/mol. The molecule has 4 rings (SSSR count). The quantitative estimate of drug-likeness (QED) is 0.850. The number of methoxy groups -OCH3 is 1. The van der Waals surface area contributed by atoms with Crippen molar-refractivity contribution in [1.82, 2.24) is 14.7 Å². The van der Waals surface area contributed by atoms with Crippen molar-refractivity contribution in [2.45, 2.75) is 57.2 Å². The Hall–Kier alpha value is -2.34. The van der Waals surface area contributed by atoms with Gasteiger partial charge in [0, 0.05) is 18.8 Å². The lowest BCUT2D eigenvalue weighted by Crippen LogP contribution is -2.58. The van der Waals surface area contributed by atoms with E-state index in [0.717, 1.165) is 30.0 Å². The van der Waals surface area contributed by atoms with Crippen LogP contribution < -0.4 is 10.1 Å². The van der Waals surface area contributed by atoms with Gasteiger partial charge in [0.15, 0.2) is 0 Å². The lowest BCUT2D eigenvalue weighted by Gasteiger charge is -2.46. The van der Waals surface area contributed by atoms with E-state index in [-0.39, 0.29) is 11.9 Å². The summed E-state index contributed by atoms with van der Waals surface area (Å²) < 4.78 is 7.10. The molecule has 0 spiro atoms. The van der Waals surface area contributed by atoms with E-state index in [1.807, 2.05) is 35.1 Å². The third-order valence-corrected chi connectivity index (χ3v) is 5.79. The second-order valence-electron chi connectivity index (χ2n) is 7.60. The van der Waals surface area contributed by atoms with Gasteiger partial charge in [-0.3, -0.25) is 14.4 Å². The van der Waals surface area contributed by atoms with Crippen molar-refractivity contribution < 1.29 is 9.53 Å². The maximum Gasteiger partial charge on any atom is 0.241 e. The van der Waals surface area contributed by atoms with Gasteiger partial charge in [-0.05, 0) is 37.0 Å². The van der Waals surface area contributed by atoms with E-state index in [9.17, 15) is 4.79 Å². The summed E-state index contributed by atoms with van der Waals surface area (Å²) in [5, 5.41) is 7.43. The lowest BCUT2D eigenvalue weighted by atomic mass is 9.89. The van der Waals surface area contributed by atoms with Gasteiger partial charge in [-0.2, -0.15) is 5.10 Å². The molecular formula is C21H28N4O2. The Bertz CT molecular complexity index is 782. The number of aromatic nitrogens is 2. The van der Waals surface area contributed by atoms with Crippen LogP contribution in [-0.4, -0.2) is 46.3 Å². The molecule has 6 nitrogen and oxygen atoms in total. The van der Waals surface area contributed by atoms with Crippen LogP contribution in [0.5, 0.6) is 5.75 Å². The first kappa shape index (κ1) is 18.0. The number of hydrogen-bond donors (Lipinski definition) is 1. The molecule has 144 valence electrons. The maximum atomic E-state index is 12.7. The molecule has 1 saturated carbocycles. The van der Waals surface area contributed by atoms with Crippen molar-refractivity contribution >= 4 is 11.6 Å². The summed E-state index contributed by atoms with van der Waals surface area (Å²) in [4.78, 5) is 15.1. The van der Waals surface area contributed by atoms with Crippen LogP contribution >= 0.6 is 0 Å². The first-order valence-corrected chi connectivity index (χ1v) is 9.95. The number of amides is 1. The van der Waals surface area contributed by atoms with Gasteiger partial charge in [-0.25, -0.2) is 0 Å². The molecule has 6 heteroatoms. The number of benzene rings is 1. The number of anilines is 1. The van der Waals surface area contributed by atoms with Gasteiger partial charge in [0.05, 0.1) is 31.6 Å². The largest absolute Gasteiger partial charge is 0.497 e. The number of likely N-dealkylation sites (tertiary alicyclic amines) is 1. The Morgan fingerprint density at radius 3 is 2.85 bits per heavy atom. The van der Waals surface area contributed by atoms with Crippen LogP contribution in [-0.2, 0) is 11.3 Å². The third kappa shape index (κ3) is 4.16. The molecule has 1 aliphatic heterocycles. The van der Waals surface area contributed by atoms with Crippen molar-refractivity contribution in [2.75, 3.05) is 19.0 Å². The molecule has 0 unspecified atom stereocenters. The zero-order chi connectivity index (χ0) is 18.6. The molecule has 2 aromatic rings. The van der Waals surface area contributed by atoms with Crippen molar-refractivity contribution in [3.63, 3.8) is 0 Å². The minimum absolute atomic E-state index is 0.0230. The Balaban J connectivity index is 1.34. The van der Waals surface area contributed by atoms with E-state index in [0.29, 0.717) is 12.6 Å². The van der Waals surface area contributed by atoms with E-state index >= 15 is 0 Å². The molecule has 1 saturated heterocycles. The summed E-state index contributed by atoms with van der Waals surface area (Å²) in [5.74, 6) is 0.939. The summed E-state index contributed by atoms with van der Waals surface area (Å²) in [7, 11) is 1.66. The molecule has 1 aromatic carbocycles. The molecule has 0 radical (unpaired) electrons. The maximum absolute atomic E-state index is 12.7. The summed E-state index contributed by atoms with van der Waals surface area (Å²) in [5.41, 5.74) is 1.87. The van der Waals surface area contributed by atoms with Crippen molar-refractivity contribution in [3.05, 3.63) is 42.2 Å². The highest BCUT2D eigenvalue weighted by Crippen LogP contribution is 2.30. The SMILES string of the molecule is COc1cccc(Cn2cc(NC(=O)[C@H]3CCN3C3CCCCC3)cn2)c1. The molecule has 1 aliphatic carbocycles. The van der Waals surface area contributed by atoms with Gasteiger partial charge < -0.3 is 10.1 Å². The average Bonchev–Trinajstić information content (AvgIpc) is 3.08. The first-order chi connectivity index (χ1) is 13.2. The number of carbonyl (C=O) groups is 1. The molecule has 2 fully saturated rings. The molecule has 0 bridgehead atoms. The number of carbonyl (C=O) groups excluding carboxylic acids is 1. The monoisotopic (exact) mass is 368 g/mol. The van der Waals surface area contributed by atoms with Gasteiger partial charge >= 0.3 is 0 Å². The fourth-order valence-electron chi connectivity index (χ4n) is 4.24. The minimum atomic E-state index is 0.0230.